The maximum atomic E-state index is 12.4. The zero-order valence-corrected chi connectivity index (χ0v) is 22.4. The minimum Gasteiger partial charge on any atom is -0.478 e. The minimum atomic E-state index is -1.12. The molecule has 0 aliphatic heterocycles. The van der Waals surface area contributed by atoms with E-state index >= 15 is 0 Å². The van der Waals surface area contributed by atoms with Gasteiger partial charge >= 0.3 is 17.9 Å². The van der Waals surface area contributed by atoms with E-state index in [1.807, 2.05) is 0 Å². The van der Waals surface area contributed by atoms with Gasteiger partial charge in [-0.3, -0.25) is 9.59 Å². The van der Waals surface area contributed by atoms with Crippen molar-refractivity contribution in [1.82, 2.24) is 0 Å². The highest BCUT2D eigenvalue weighted by Gasteiger charge is 2.32. The van der Waals surface area contributed by atoms with Gasteiger partial charge in [-0.25, -0.2) is 9.59 Å². The summed E-state index contributed by atoms with van der Waals surface area (Å²) in [5.74, 6) is -1.64. The molecule has 3 aromatic rings. The second kappa shape index (κ2) is 13.4. The Morgan fingerprint density at radius 1 is 0.842 bits per heavy atom. The Morgan fingerprint density at radius 3 is 1.87 bits per heavy atom. The van der Waals surface area contributed by atoms with Crippen LogP contribution < -0.4 is 9.47 Å². The largest absolute Gasteiger partial charge is 0.478 e. The van der Waals surface area contributed by atoms with E-state index in [0.29, 0.717) is 21.9 Å². The second-order valence-electron chi connectivity index (χ2n) is 8.82. The molecular formula is C29H29ClO8. The van der Waals surface area contributed by atoms with Gasteiger partial charge in [-0.1, -0.05) is 23.7 Å². The van der Waals surface area contributed by atoms with Crippen LogP contribution in [0.1, 0.15) is 60.9 Å². The summed E-state index contributed by atoms with van der Waals surface area (Å²) >= 11 is 5.84. The number of hydrogen-bond acceptors (Lipinski definition) is 7. The standard InChI is InChI=1S/C20H21ClO4.C9H8O4/c1-13(2)24-19(23)20(3,4)25-17-11-7-15(8-12-17)18(22)14-5-9-16(21)10-6-14;1-6(10)13-8-5-3-2-4-7(8)9(11)12/h5-13H,1-4H3;2-5H,1H3,(H,11,12). The Bertz CT molecular complexity index is 1280. The van der Waals surface area contributed by atoms with E-state index in [4.69, 9.17) is 26.2 Å². The molecule has 3 aromatic carbocycles. The number of rotatable bonds is 8. The monoisotopic (exact) mass is 540 g/mol. The van der Waals surface area contributed by atoms with Gasteiger partial charge in [0.15, 0.2) is 11.4 Å². The fraction of sp³-hybridized carbons (Fsp3) is 0.241. The fourth-order valence-electron chi connectivity index (χ4n) is 3.02. The summed E-state index contributed by atoms with van der Waals surface area (Å²) in [4.78, 5) is 45.7. The van der Waals surface area contributed by atoms with E-state index in [9.17, 15) is 19.2 Å². The van der Waals surface area contributed by atoms with Gasteiger partial charge in [-0.15, -0.1) is 0 Å². The maximum Gasteiger partial charge on any atom is 0.350 e. The molecule has 0 saturated carbocycles. The van der Waals surface area contributed by atoms with Gasteiger partial charge in [0.2, 0.25) is 0 Å². The number of carbonyl (C=O) groups is 4. The highest BCUT2D eigenvalue weighted by atomic mass is 35.5. The van der Waals surface area contributed by atoms with Gasteiger partial charge in [0.25, 0.3) is 0 Å². The number of carboxylic acids is 1. The van der Waals surface area contributed by atoms with Crippen molar-refractivity contribution in [3.05, 3.63) is 94.5 Å². The number of ketones is 1. The minimum absolute atomic E-state index is 0.0160. The van der Waals surface area contributed by atoms with Crippen molar-refractivity contribution in [3.8, 4) is 11.5 Å². The molecular weight excluding hydrogens is 512 g/mol. The third-order valence-corrected chi connectivity index (χ3v) is 5.05. The first-order valence-corrected chi connectivity index (χ1v) is 12.0. The van der Waals surface area contributed by atoms with Crippen molar-refractivity contribution in [2.24, 2.45) is 0 Å². The zero-order valence-electron chi connectivity index (χ0n) is 21.7. The lowest BCUT2D eigenvalue weighted by Gasteiger charge is -2.25. The number of benzene rings is 3. The molecule has 0 atom stereocenters. The Morgan fingerprint density at radius 2 is 1.37 bits per heavy atom. The topological polar surface area (TPSA) is 116 Å². The lowest BCUT2D eigenvalue weighted by molar-refractivity contribution is -0.163. The second-order valence-corrected chi connectivity index (χ2v) is 9.26. The van der Waals surface area contributed by atoms with Crippen LogP contribution in [0.25, 0.3) is 0 Å². The summed E-state index contributed by atoms with van der Waals surface area (Å²) in [6.45, 7) is 8.07. The normalized spacial score (nSPS) is 10.6. The van der Waals surface area contributed by atoms with Crippen molar-refractivity contribution in [1.29, 1.82) is 0 Å². The first-order valence-electron chi connectivity index (χ1n) is 11.6. The number of ether oxygens (including phenoxy) is 3. The van der Waals surface area contributed by atoms with Crippen LogP contribution in [0, 0.1) is 0 Å². The van der Waals surface area contributed by atoms with Gasteiger partial charge < -0.3 is 19.3 Å². The Labute approximate surface area is 226 Å². The number of hydrogen-bond donors (Lipinski definition) is 1. The van der Waals surface area contributed by atoms with Crippen LogP contribution in [-0.4, -0.2) is 40.5 Å². The summed E-state index contributed by atoms with van der Waals surface area (Å²) in [6.07, 6.45) is -0.213. The highest BCUT2D eigenvalue weighted by molar-refractivity contribution is 6.30. The Hall–Kier alpha value is -4.17. The molecule has 0 spiro atoms. The van der Waals surface area contributed by atoms with Crippen LogP contribution in [0.3, 0.4) is 0 Å². The molecule has 0 aliphatic rings. The van der Waals surface area contributed by atoms with Crippen LogP contribution in [0.2, 0.25) is 5.02 Å². The van der Waals surface area contributed by atoms with Crippen molar-refractivity contribution >= 4 is 35.3 Å². The lowest BCUT2D eigenvalue weighted by Crippen LogP contribution is -2.40. The molecule has 1 N–H and O–H groups in total. The van der Waals surface area contributed by atoms with Gasteiger partial charge in [-0.2, -0.15) is 0 Å². The van der Waals surface area contributed by atoms with Gasteiger partial charge in [0.05, 0.1) is 6.10 Å². The molecule has 0 heterocycles. The van der Waals surface area contributed by atoms with Crippen molar-refractivity contribution in [3.63, 3.8) is 0 Å². The average molecular weight is 541 g/mol. The Kier molecular flexibility index (Phi) is 10.6. The van der Waals surface area contributed by atoms with Crippen molar-refractivity contribution < 1.29 is 38.5 Å². The van der Waals surface area contributed by atoms with Gasteiger partial charge in [-0.05, 0) is 88.4 Å². The van der Waals surface area contributed by atoms with Gasteiger partial charge in [0.1, 0.15) is 17.1 Å². The molecule has 0 fully saturated rings. The molecule has 0 aromatic heterocycles. The summed E-state index contributed by atoms with van der Waals surface area (Å²) in [5, 5.41) is 9.27. The van der Waals surface area contributed by atoms with E-state index in [0.717, 1.165) is 0 Å². The van der Waals surface area contributed by atoms with Crippen LogP contribution in [0.15, 0.2) is 72.8 Å². The molecule has 0 saturated heterocycles. The van der Waals surface area contributed by atoms with Crippen LogP contribution in [-0.2, 0) is 14.3 Å². The summed E-state index contributed by atoms with van der Waals surface area (Å²) in [5.41, 5.74) is -0.0553. The molecule has 8 nitrogen and oxygen atoms in total. The van der Waals surface area contributed by atoms with Crippen LogP contribution in [0.5, 0.6) is 11.5 Å². The molecule has 0 aliphatic carbocycles. The number of para-hydroxylation sites is 1. The van der Waals surface area contributed by atoms with Gasteiger partial charge in [0, 0.05) is 23.1 Å². The molecule has 9 heteroatoms. The summed E-state index contributed by atoms with van der Waals surface area (Å²) in [6, 6.07) is 19.3. The predicted molar refractivity (Wildman–Crippen MR) is 142 cm³/mol. The van der Waals surface area contributed by atoms with Crippen LogP contribution in [0.4, 0.5) is 0 Å². The fourth-order valence-corrected chi connectivity index (χ4v) is 3.15. The van der Waals surface area contributed by atoms with E-state index in [1.165, 1.54) is 19.1 Å². The highest BCUT2D eigenvalue weighted by Crippen LogP contribution is 2.22. The Balaban J connectivity index is 0.000000328. The molecule has 0 amide bonds. The summed E-state index contributed by atoms with van der Waals surface area (Å²) in [7, 11) is 0. The third-order valence-electron chi connectivity index (χ3n) is 4.80. The van der Waals surface area contributed by atoms with Crippen LogP contribution >= 0.6 is 11.6 Å². The molecule has 0 unspecified atom stereocenters. The maximum absolute atomic E-state index is 12.4. The number of aromatic carboxylic acids is 1. The number of carbonyl (C=O) groups excluding carboxylic acids is 3. The van der Waals surface area contributed by atoms with E-state index in [1.54, 1.807) is 88.4 Å². The SMILES string of the molecule is CC(=O)Oc1ccccc1C(=O)O.CC(C)OC(=O)C(C)(C)Oc1ccc(C(=O)c2ccc(Cl)cc2)cc1. The molecule has 0 radical (unpaired) electrons. The molecule has 3 rings (SSSR count). The van der Waals surface area contributed by atoms with Crippen molar-refractivity contribution in [2.75, 3.05) is 0 Å². The molecule has 200 valence electrons. The quantitative estimate of drug-likeness (QED) is 0.210. The zero-order chi connectivity index (χ0) is 28.5. The first kappa shape index (κ1) is 30.1. The smallest absolute Gasteiger partial charge is 0.350 e. The average Bonchev–Trinajstić information content (AvgIpc) is 2.84. The van der Waals surface area contributed by atoms with Crippen molar-refractivity contribution in [2.45, 2.75) is 46.3 Å². The molecule has 38 heavy (non-hydrogen) atoms. The third kappa shape index (κ3) is 9.05. The number of esters is 2. The van der Waals surface area contributed by atoms with E-state index in [-0.39, 0.29) is 23.2 Å². The summed E-state index contributed by atoms with van der Waals surface area (Å²) < 4.78 is 15.6. The molecule has 0 bridgehead atoms. The lowest BCUT2D eigenvalue weighted by atomic mass is 10.0. The number of carboxylic acid groups (broad SMARTS) is 1. The van der Waals surface area contributed by atoms with E-state index in [2.05, 4.69) is 4.74 Å². The number of halogens is 1. The van der Waals surface area contributed by atoms with E-state index < -0.39 is 23.5 Å². The first-order chi connectivity index (χ1) is 17.8. The predicted octanol–water partition coefficient (Wildman–Crippen LogP) is 5.99.